The molecule has 86 valence electrons. The van der Waals surface area contributed by atoms with Crippen molar-refractivity contribution < 1.29 is 9.18 Å². The van der Waals surface area contributed by atoms with Crippen molar-refractivity contribution in [3.8, 4) is 0 Å². The van der Waals surface area contributed by atoms with Gasteiger partial charge in [0.25, 0.3) is 5.91 Å². The zero-order chi connectivity index (χ0) is 11.9. The normalized spacial score (nSPS) is 15.0. The first kappa shape index (κ1) is 11.6. The van der Waals surface area contributed by atoms with E-state index in [-0.39, 0.29) is 11.7 Å². The van der Waals surface area contributed by atoms with Crippen LogP contribution >= 0.6 is 15.9 Å². The Balaban J connectivity index is 2.44. The third-order valence-corrected chi connectivity index (χ3v) is 3.56. The van der Waals surface area contributed by atoms with Gasteiger partial charge in [-0.1, -0.05) is 0 Å². The van der Waals surface area contributed by atoms with Crippen molar-refractivity contribution in [1.29, 1.82) is 0 Å². The van der Waals surface area contributed by atoms with Crippen LogP contribution in [-0.2, 0) is 0 Å². The number of amides is 1. The van der Waals surface area contributed by atoms with E-state index < -0.39 is 0 Å². The molecular formula is C12H13BrFNO. The van der Waals surface area contributed by atoms with Crippen LogP contribution in [0, 0.1) is 5.82 Å². The Labute approximate surface area is 103 Å². The van der Waals surface area contributed by atoms with Gasteiger partial charge in [0.1, 0.15) is 5.82 Å². The zero-order valence-corrected chi connectivity index (χ0v) is 10.8. The van der Waals surface area contributed by atoms with E-state index in [2.05, 4.69) is 15.9 Å². The number of rotatable bonds is 2. The van der Waals surface area contributed by atoms with Gasteiger partial charge in [0.05, 0.1) is 4.47 Å². The van der Waals surface area contributed by atoms with Gasteiger partial charge in [-0.3, -0.25) is 4.79 Å². The van der Waals surface area contributed by atoms with Gasteiger partial charge in [0.2, 0.25) is 0 Å². The summed E-state index contributed by atoms with van der Waals surface area (Å²) in [5.74, 6) is -0.0957. The maximum Gasteiger partial charge on any atom is 0.253 e. The number of hydrogen-bond donors (Lipinski definition) is 0. The van der Waals surface area contributed by atoms with Crippen LogP contribution < -0.4 is 0 Å². The van der Waals surface area contributed by atoms with Crippen molar-refractivity contribution >= 4 is 21.8 Å². The highest BCUT2D eigenvalue weighted by Gasteiger charge is 2.28. The molecule has 0 saturated heterocycles. The lowest BCUT2D eigenvalue weighted by molar-refractivity contribution is 0.0827. The van der Waals surface area contributed by atoms with E-state index >= 15 is 0 Å². The van der Waals surface area contributed by atoms with Gasteiger partial charge in [0, 0.05) is 19.7 Å². The fraction of sp³-hybridized carbons (Fsp3) is 0.417. The molecule has 1 fully saturated rings. The Bertz CT molecular complexity index is 441. The molecule has 0 heterocycles. The summed E-state index contributed by atoms with van der Waals surface area (Å²) in [6.07, 6.45) is 2.16. The minimum Gasteiger partial charge on any atom is -0.345 e. The third kappa shape index (κ3) is 2.12. The quantitative estimate of drug-likeness (QED) is 0.817. The van der Waals surface area contributed by atoms with Crippen LogP contribution in [0.25, 0.3) is 0 Å². The van der Waals surface area contributed by atoms with Crippen LogP contribution in [0.15, 0.2) is 16.6 Å². The van der Waals surface area contributed by atoms with Crippen LogP contribution in [0.3, 0.4) is 0 Å². The maximum atomic E-state index is 13.6. The van der Waals surface area contributed by atoms with E-state index in [0.717, 1.165) is 18.4 Å². The number of carbonyl (C=O) groups excluding carboxylic acids is 1. The second kappa shape index (κ2) is 4.17. The van der Waals surface area contributed by atoms with E-state index in [4.69, 9.17) is 0 Å². The van der Waals surface area contributed by atoms with Crippen LogP contribution in [0.1, 0.15) is 34.7 Å². The highest BCUT2D eigenvalue weighted by molar-refractivity contribution is 9.10. The largest absolute Gasteiger partial charge is 0.345 e. The second-order valence-electron chi connectivity index (χ2n) is 4.34. The number of benzene rings is 1. The van der Waals surface area contributed by atoms with E-state index in [0.29, 0.717) is 16.0 Å². The predicted octanol–water partition coefficient (Wildman–Crippen LogP) is 3.17. The average Bonchev–Trinajstić information content (AvgIpc) is 3.04. The lowest BCUT2D eigenvalue weighted by Gasteiger charge is -2.12. The summed E-state index contributed by atoms with van der Waals surface area (Å²) in [4.78, 5) is 13.2. The molecule has 0 aromatic heterocycles. The van der Waals surface area contributed by atoms with Gasteiger partial charge in [-0.05, 0) is 52.4 Å². The second-order valence-corrected chi connectivity index (χ2v) is 5.13. The molecular weight excluding hydrogens is 273 g/mol. The molecule has 1 aromatic carbocycles. The zero-order valence-electron chi connectivity index (χ0n) is 9.26. The molecule has 1 aliphatic carbocycles. The van der Waals surface area contributed by atoms with E-state index in [9.17, 15) is 9.18 Å². The predicted molar refractivity (Wildman–Crippen MR) is 64.1 cm³/mol. The summed E-state index contributed by atoms with van der Waals surface area (Å²) in [7, 11) is 3.33. The molecule has 1 saturated carbocycles. The van der Waals surface area contributed by atoms with Gasteiger partial charge in [-0.2, -0.15) is 0 Å². The molecule has 2 nitrogen and oxygen atoms in total. The fourth-order valence-electron chi connectivity index (χ4n) is 1.68. The molecule has 16 heavy (non-hydrogen) atoms. The maximum absolute atomic E-state index is 13.6. The highest BCUT2D eigenvalue weighted by atomic mass is 79.9. The minimum absolute atomic E-state index is 0.159. The van der Waals surface area contributed by atoms with Crippen molar-refractivity contribution in [3.63, 3.8) is 0 Å². The summed E-state index contributed by atoms with van der Waals surface area (Å²) < 4.78 is 14.1. The van der Waals surface area contributed by atoms with Crippen LogP contribution in [0.4, 0.5) is 4.39 Å². The highest BCUT2D eigenvalue weighted by Crippen LogP contribution is 2.44. The Morgan fingerprint density at radius 2 is 2.06 bits per heavy atom. The molecule has 0 radical (unpaired) electrons. The molecule has 0 unspecified atom stereocenters. The third-order valence-electron chi connectivity index (χ3n) is 2.73. The van der Waals surface area contributed by atoms with Gasteiger partial charge in [-0.15, -0.1) is 0 Å². The fourth-order valence-corrected chi connectivity index (χ4v) is 2.24. The van der Waals surface area contributed by atoms with Crippen molar-refractivity contribution in [3.05, 3.63) is 33.5 Å². The Morgan fingerprint density at radius 1 is 1.44 bits per heavy atom. The van der Waals surface area contributed by atoms with E-state index in [1.807, 2.05) is 0 Å². The smallest absolute Gasteiger partial charge is 0.253 e. The van der Waals surface area contributed by atoms with Gasteiger partial charge < -0.3 is 4.90 Å². The van der Waals surface area contributed by atoms with E-state index in [1.165, 1.54) is 11.0 Å². The van der Waals surface area contributed by atoms with Gasteiger partial charge >= 0.3 is 0 Å². The topological polar surface area (TPSA) is 20.3 Å². The first-order valence-corrected chi connectivity index (χ1v) is 6.00. The monoisotopic (exact) mass is 285 g/mol. The first-order valence-electron chi connectivity index (χ1n) is 5.21. The Kier molecular flexibility index (Phi) is 3.02. The van der Waals surface area contributed by atoms with Crippen molar-refractivity contribution in [1.82, 2.24) is 4.90 Å². The molecule has 0 atom stereocenters. The molecule has 0 spiro atoms. The lowest BCUT2D eigenvalue weighted by atomic mass is 10.1. The SMILES string of the molecule is CN(C)C(=O)c1cc(F)c(Br)c(C2CC2)c1. The average molecular weight is 286 g/mol. The van der Waals surface area contributed by atoms with Crippen LogP contribution in [0.2, 0.25) is 0 Å². The Hall–Kier alpha value is -0.900. The molecule has 2 rings (SSSR count). The van der Waals surface area contributed by atoms with Gasteiger partial charge in [-0.25, -0.2) is 4.39 Å². The lowest BCUT2D eigenvalue weighted by Crippen LogP contribution is -2.22. The summed E-state index contributed by atoms with van der Waals surface area (Å²) in [6, 6.07) is 3.09. The summed E-state index contributed by atoms with van der Waals surface area (Å²) in [5, 5.41) is 0. The molecule has 0 N–H and O–H groups in total. The van der Waals surface area contributed by atoms with E-state index in [1.54, 1.807) is 20.2 Å². The molecule has 4 heteroatoms. The summed E-state index contributed by atoms with van der Waals surface area (Å²) >= 11 is 3.24. The molecule has 1 aliphatic rings. The van der Waals surface area contributed by atoms with Crippen LogP contribution in [-0.4, -0.2) is 24.9 Å². The molecule has 0 aliphatic heterocycles. The standard InChI is InChI=1S/C12H13BrFNO/c1-15(2)12(16)8-5-9(7-3-4-7)11(13)10(14)6-8/h5-7H,3-4H2,1-2H3. The molecule has 1 aromatic rings. The number of carbonyl (C=O) groups is 1. The van der Waals surface area contributed by atoms with Crippen molar-refractivity contribution in [2.45, 2.75) is 18.8 Å². The molecule has 0 bridgehead atoms. The summed E-state index contributed by atoms with van der Waals surface area (Å²) in [5.41, 5.74) is 1.35. The number of halogens is 2. The number of hydrogen-bond acceptors (Lipinski definition) is 1. The minimum atomic E-state index is -0.352. The summed E-state index contributed by atoms with van der Waals surface area (Å²) in [6.45, 7) is 0. The number of nitrogens with zero attached hydrogens (tertiary/aromatic N) is 1. The Morgan fingerprint density at radius 3 is 2.56 bits per heavy atom. The van der Waals surface area contributed by atoms with Crippen molar-refractivity contribution in [2.24, 2.45) is 0 Å². The molecule has 1 amide bonds. The van der Waals surface area contributed by atoms with Crippen molar-refractivity contribution in [2.75, 3.05) is 14.1 Å². The first-order chi connectivity index (χ1) is 7.50. The van der Waals surface area contributed by atoms with Gasteiger partial charge in [0.15, 0.2) is 0 Å². The van der Waals surface area contributed by atoms with Crippen LogP contribution in [0.5, 0.6) is 0 Å².